The predicted molar refractivity (Wildman–Crippen MR) is 78.1 cm³/mol. The molecule has 0 spiro atoms. The molecule has 2 aromatic carbocycles. The van der Waals surface area contributed by atoms with Gasteiger partial charge in [-0.1, -0.05) is 42.5 Å². The van der Waals surface area contributed by atoms with Crippen LogP contribution in [0.4, 0.5) is 0 Å². The van der Waals surface area contributed by atoms with Crippen LogP contribution in [0.3, 0.4) is 0 Å². The van der Waals surface area contributed by atoms with Crippen LogP contribution in [0.1, 0.15) is 44.8 Å². The fraction of sp³-hybridized carbons (Fsp3) is 0.176. The number of carbonyl (C=O) groups excluding carboxylic acids is 1. The Morgan fingerprint density at radius 2 is 1.86 bits per heavy atom. The Hall–Kier alpha value is -2.62. The number of hydrogen-bond donors (Lipinski definition) is 1. The van der Waals surface area contributed by atoms with Crippen LogP contribution in [0.5, 0.6) is 0 Å². The molecule has 1 amide bonds. The molecule has 1 heterocycles. The Morgan fingerprint density at radius 1 is 1.14 bits per heavy atom. The lowest BCUT2D eigenvalue weighted by Gasteiger charge is -2.24. The SMILES string of the molecule is C[C@@H](c1ccccc1)N1Cc2cccc(C(=O)O)c2C1=O. The minimum atomic E-state index is -1.06. The molecule has 21 heavy (non-hydrogen) atoms. The van der Waals surface area contributed by atoms with E-state index in [0.29, 0.717) is 12.1 Å². The van der Waals surface area contributed by atoms with Gasteiger partial charge in [-0.3, -0.25) is 4.79 Å². The van der Waals surface area contributed by atoms with Crippen molar-refractivity contribution >= 4 is 11.9 Å². The summed E-state index contributed by atoms with van der Waals surface area (Å²) in [7, 11) is 0. The number of aromatic carboxylic acids is 1. The number of carbonyl (C=O) groups is 2. The van der Waals surface area contributed by atoms with Crippen LogP contribution in [-0.2, 0) is 6.54 Å². The molecule has 2 aromatic rings. The fourth-order valence-corrected chi connectivity index (χ4v) is 2.79. The maximum Gasteiger partial charge on any atom is 0.336 e. The molecule has 0 aliphatic carbocycles. The van der Waals surface area contributed by atoms with Crippen molar-refractivity contribution in [2.75, 3.05) is 0 Å². The zero-order valence-electron chi connectivity index (χ0n) is 11.6. The number of nitrogens with zero attached hydrogens (tertiary/aromatic N) is 1. The lowest BCUT2D eigenvalue weighted by molar-refractivity contribution is 0.0668. The molecule has 4 nitrogen and oxygen atoms in total. The molecule has 0 saturated carbocycles. The second kappa shape index (κ2) is 5.05. The summed E-state index contributed by atoms with van der Waals surface area (Å²) in [6.07, 6.45) is 0. The van der Waals surface area contributed by atoms with E-state index >= 15 is 0 Å². The monoisotopic (exact) mass is 281 g/mol. The Balaban J connectivity index is 1.98. The zero-order valence-corrected chi connectivity index (χ0v) is 11.6. The summed E-state index contributed by atoms with van der Waals surface area (Å²) in [6, 6.07) is 14.6. The number of amides is 1. The van der Waals surface area contributed by atoms with Crippen LogP contribution in [0, 0.1) is 0 Å². The smallest absolute Gasteiger partial charge is 0.336 e. The number of rotatable bonds is 3. The molecule has 0 aromatic heterocycles. The highest BCUT2D eigenvalue weighted by Crippen LogP contribution is 2.32. The average molecular weight is 281 g/mol. The van der Waals surface area contributed by atoms with E-state index in [9.17, 15) is 14.7 Å². The molecular formula is C17H15NO3. The first-order valence-corrected chi connectivity index (χ1v) is 6.80. The lowest BCUT2D eigenvalue weighted by Crippen LogP contribution is -2.27. The average Bonchev–Trinajstić information content (AvgIpc) is 2.84. The highest BCUT2D eigenvalue weighted by atomic mass is 16.4. The Labute approximate surface area is 122 Å². The molecule has 1 N–H and O–H groups in total. The van der Waals surface area contributed by atoms with E-state index in [4.69, 9.17) is 0 Å². The normalized spacial score (nSPS) is 14.9. The third kappa shape index (κ3) is 2.18. The summed E-state index contributed by atoms with van der Waals surface area (Å²) in [4.78, 5) is 25.6. The third-order valence-electron chi connectivity index (χ3n) is 3.95. The van der Waals surface area contributed by atoms with Gasteiger partial charge in [0.25, 0.3) is 5.91 Å². The summed E-state index contributed by atoms with van der Waals surface area (Å²) in [5.74, 6) is -1.27. The largest absolute Gasteiger partial charge is 0.478 e. The highest BCUT2D eigenvalue weighted by molar-refractivity contribution is 6.07. The fourth-order valence-electron chi connectivity index (χ4n) is 2.79. The first kappa shape index (κ1) is 13.4. The highest BCUT2D eigenvalue weighted by Gasteiger charge is 2.34. The molecule has 0 saturated heterocycles. The van der Waals surface area contributed by atoms with Crippen LogP contribution in [0.15, 0.2) is 48.5 Å². The number of carboxylic acid groups (broad SMARTS) is 1. The topological polar surface area (TPSA) is 57.6 Å². The molecular weight excluding hydrogens is 266 g/mol. The van der Waals surface area contributed by atoms with E-state index in [1.54, 1.807) is 11.0 Å². The summed E-state index contributed by atoms with van der Waals surface area (Å²) in [5, 5.41) is 9.24. The van der Waals surface area contributed by atoms with Crippen molar-refractivity contribution in [2.24, 2.45) is 0 Å². The third-order valence-corrected chi connectivity index (χ3v) is 3.95. The van der Waals surface area contributed by atoms with E-state index in [1.807, 2.05) is 43.3 Å². The van der Waals surface area contributed by atoms with Gasteiger partial charge >= 0.3 is 5.97 Å². The van der Waals surface area contributed by atoms with Gasteiger partial charge in [-0.25, -0.2) is 4.79 Å². The first-order chi connectivity index (χ1) is 10.1. The van der Waals surface area contributed by atoms with Crippen LogP contribution >= 0.6 is 0 Å². The van der Waals surface area contributed by atoms with Gasteiger partial charge in [0.05, 0.1) is 17.2 Å². The van der Waals surface area contributed by atoms with E-state index in [0.717, 1.165) is 11.1 Å². The molecule has 1 aliphatic rings. The number of carboxylic acids is 1. The lowest BCUT2D eigenvalue weighted by atomic mass is 10.0. The molecule has 106 valence electrons. The zero-order chi connectivity index (χ0) is 15.0. The van der Waals surface area contributed by atoms with Gasteiger partial charge in [-0.05, 0) is 24.1 Å². The van der Waals surface area contributed by atoms with Crippen LogP contribution < -0.4 is 0 Å². The summed E-state index contributed by atoms with van der Waals surface area (Å²) in [5.41, 5.74) is 2.23. The molecule has 3 rings (SSSR count). The summed E-state index contributed by atoms with van der Waals surface area (Å²) >= 11 is 0. The van der Waals surface area contributed by atoms with Gasteiger partial charge in [-0.2, -0.15) is 0 Å². The molecule has 4 heteroatoms. The standard InChI is InChI=1S/C17H15NO3/c1-11(12-6-3-2-4-7-12)18-10-13-8-5-9-14(17(20)21)15(13)16(18)19/h2-9,11H,10H2,1H3,(H,20,21)/t11-/m0/s1. The molecule has 0 unspecified atom stereocenters. The van der Waals surface area contributed by atoms with Crippen molar-refractivity contribution in [3.05, 3.63) is 70.8 Å². The minimum absolute atomic E-state index is 0.0836. The number of fused-ring (bicyclic) bond motifs is 1. The second-order valence-electron chi connectivity index (χ2n) is 5.16. The predicted octanol–water partition coefficient (Wildman–Crippen LogP) is 3.10. The number of benzene rings is 2. The van der Waals surface area contributed by atoms with Gasteiger partial charge in [0.15, 0.2) is 0 Å². The van der Waals surface area contributed by atoms with Crippen molar-refractivity contribution in [3.63, 3.8) is 0 Å². The van der Waals surface area contributed by atoms with Crippen LogP contribution in [0.2, 0.25) is 0 Å². The van der Waals surface area contributed by atoms with Crippen molar-refractivity contribution in [3.8, 4) is 0 Å². The van der Waals surface area contributed by atoms with Crippen molar-refractivity contribution in [1.82, 2.24) is 4.90 Å². The quantitative estimate of drug-likeness (QED) is 0.940. The molecule has 0 bridgehead atoms. The maximum atomic E-state index is 12.6. The molecule has 1 atom stereocenters. The number of hydrogen-bond acceptors (Lipinski definition) is 2. The molecule has 1 aliphatic heterocycles. The van der Waals surface area contributed by atoms with Crippen molar-refractivity contribution < 1.29 is 14.7 Å². The van der Waals surface area contributed by atoms with E-state index < -0.39 is 5.97 Å². The Bertz CT molecular complexity index is 709. The first-order valence-electron chi connectivity index (χ1n) is 6.80. The van der Waals surface area contributed by atoms with Crippen molar-refractivity contribution in [1.29, 1.82) is 0 Å². The van der Waals surface area contributed by atoms with Gasteiger partial charge in [0.1, 0.15) is 0 Å². The summed E-state index contributed by atoms with van der Waals surface area (Å²) < 4.78 is 0. The maximum absolute atomic E-state index is 12.6. The van der Waals surface area contributed by atoms with Gasteiger partial charge in [-0.15, -0.1) is 0 Å². The summed E-state index contributed by atoms with van der Waals surface area (Å²) in [6.45, 7) is 2.41. The Kier molecular flexibility index (Phi) is 3.22. The van der Waals surface area contributed by atoms with Gasteiger partial charge in [0, 0.05) is 6.54 Å². The van der Waals surface area contributed by atoms with E-state index in [1.165, 1.54) is 6.07 Å². The Morgan fingerprint density at radius 3 is 2.52 bits per heavy atom. The minimum Gasteiger partial charge on any atom is -0.478 e. The van der Waals surface area contributed by atoms with Gasteiger partial charge in [0.2, 0.25) is 0 Å². The van der Waals surface area contributed by atoms with E-state index in [2.05, 4.69) is 0 Å². The second-order valence-corrected chi connectivity index (χ2v) is 5.16. The van der Waals surface area contributed by atoms with Crippen LogP contribution in [0.25, 0.3) is 0 Å². The van der Waals surface area contributed by atoms with Gasteiger partial charge < -0.3 is 10.0 Å². The van der Waals surface area contributed by atoms with Crippen LogP contribution in [-0.4, -0.2) is 21.9 Å². The van der Waals surface area contributed by atoms with E-state index in [-0.39, 0.29) is 17.5 Å². The molecule has 0 fully saturated rings. The van der Waals surface area contributed by atoms with Crippen molar-refractivity contribution in [2.45, 2.75) is 19.5 Å². The molecule has 0 radical (unpaired) electrons.